The van der Waals surface area contributed by atoms with Crippen molar-refractivity contribution in [1.29, 1.82) is 0 Å². The molecule has 1 aliphatic heterocycles. The van der Waals surface area contributed by atoms with Crippen LogP contribution in [-0.2, 0) is 20.4 Å². The van der Waals surface area contributed by atoms with E-state index >= 15 is 0 Å². The molecular formula is C24H29ClFN3O5S. The van der Waals surface area contributed by atoms with E-state index in [1.807, 2.05) is 0 Å². The van der Waals surface area contributed by atoms with E-state index in [-0.39, 0.29) is 26.1 Å². The zero-order valence-corrected chi connectivity index (χ0v) is 21.2. The third-order valence-corrected chi connectivity index (χ3v) is 7.94. The lowest BCUT2D eigenvalue weighted by molar-refractivity contribution is -0.119. The summed E-state index contributed by atoms with van der Waals surface area (Å²) in [6.45, 7) is 2.14. The zero-order valence-electron chi connectivity index (χ0n) is 19.6. The van der Waals surface area contributed by atoms with Crippen molar-refractivity contribution in [1.82, 2.24) is 14.3 Å². The predicted octanol–water partition coefficient (Wildman–Crippen LogP) is 3.41. The van der Waals surface area contributed by atoms with Crippen molar-refractivity contribution in [2.45, 2.75) is 38.0 Å². The Morgan fingerprint density at radius 3 is 2.51 bits per heavy atom. The van der Waals surface area contributed by atoms with Gasteiger partial charge in [-0.15, -0.1) is 0 Å². The van der Waals surface area contributed by atoms with E-state index in [9.17, 15) is 22.4 Å². The number of amides is 2. The Morgan fingerprint density at radius 1 is 1.17 bits per heavy atom. The van der Waals surface area contributed by atoms with Crippen molar-refractivity contribution in [3.05, 3.63) is 64.4 Å². The molecule has 0 saturated carbocycles. The molecule has 2 amide bonds. The summed E-state index contributed by atoms with van der Waals surface area (Å²) in [5.74, 6) is -1.05. The van der Waals surface area contributed by atoms with Gasteiger partial charge in [-0.3, -0.25) is 9.59 Å². The number of rotatable bonds is 9. The number of benzene rings is 2. The summed E-state index contributed by atoms with van der Waals surface area (Å²) >= 11 is 5.99. The maximum Gasteiger partial charge on any atom is 0.303 e. The summed E-state index contributed by atoms with van der Waals surface area (Å²) in [5.41, 5.74) is 0.245. The van der Waals surface area contributed by atoms with E-state index in [1.54, 1.807) is 31.2 Å². The Kier molecular flexibility index (Phi) is 8.74. The lowest BCUT2D eigenvalue weighted by Crippen LogP contribution is -2.53. The minimum atomic E-state index is -3.99. The second kappa shape index (κ2) is 11.4. The average Bonchev–Trinajstić information content (AvgIpc) is 2.82. The third kappa shape index (κ3) is 6.50. The van der Waals surface area contributed by atoms with Crippen LogP contribution in [0.1, 0.15) is 48.5 Å². The highest BCUT2D eigenvalue weighted by Gasteiger charge is 2.40. The van der Waals surface area contributed by atoms with Crippen LogP contribution in [0.2, 0.25) is 5.02 Å². The van der Waals surface area contributed by atoms with Crippen molar-refractivity contribution < 1.29 is 27.1 Å². The second-order valence-electron chi connectivity index (χ2n) is 8.50. The fourth-order valence-corrected chi connectivity index (χ4v) is 5.57. The number of nitrogens with one attached hydrogen (secondary N) is 2. The van der Waals surface area contributed by atoms with E-state index < -0.39 is 33.3 Å². The van der Waals surface area contributed by atoms with Crippen molar-refractivity contribution >= 4 is 33.6 Å². The lowest BCUT2D eigenvalue weighted by Gasteiger charge is -2.41. The first-order valence-electron chi connectivity index (χ1n) is 11.3. The Morgan fingerprint density at radius 2 is 1.89 bits per heavy atom. The average molecular weight is 526 g/mol. The molecule has 35 heavy (non-hydrogen) atoms. The van der Waals surface area contributed by atoms with Gasteiger partial charge < -0.3 is 10.1 Å². The van der Waals surface area contributed by atoms with Crippen LogP contribution in [-0.4, -0.2) is 51.3 Å². The predicted molar refractivity (Wildman–Crippen MR) is 131 cm³/mol. The first kappa shape index (κ1) is 26.9. The summed E-state index contributed by atoms with van der Waals surface area (Å²) in [5, 5.41) is 3.33. The van der Waals surface area contributed by atoms with Crippen molar-refractivity contribution in [3.8, 4) is 5.75 Å². The van der Waals surface area contributed by atoms with E-state index in [2.05, 4.69) is 10.0 Å². The third-order valence-electron chi connectivity index (χ3n) is 6.17. The summed E-state index contributed by atoms with van der Waals surface area (Å²) in [6, 6.07) is 10.8. The van der Waals surface area contributed by atoms with Crippen LogP contribution < -0.4 is 14.8 Å². The molecule has 1 saturated heterocycles. The molecule has 0 bridgehead atoms. The highest BCUT2D eigenvalue weighted by molar-refractivity contribution is 7.87. The first-order valence-corrected chi connectivity index (χ1v) is 13.1. The van der Waals surface area contributed by atoms with Crippen molar-refractivity contribution in [3.63, 3.8) is 0 Å². The number of halogens is 2. The molecule has 0 aromatic heterocycles. The van der Waals surface area contributed by atoms with Crippen LogP contribution in [0.3, 0.4) is 0 Å². The molecule has 2 N–H and O–H groups in total. The minimum Gasteiger partial charge on any atom is -0.496 e. The van der Waals surface area contributed by atoms with Crippen LogP contribution >= 0.6 is 11.6 Å². The van der Waals surface area contributed by atoms with Gasteiger partial charge in [0, 0.05) is 36.5 Å². The smallest absolute Gasteiger partial charge is 0.303 e. The first-order chi connectivity index (χ1) is 16.6. The summed E-state index contributed by atoms with van der Waals surface area (Å²) in [4.78, 5) is 24.8. The zero-order chi connectivity index (χ0) is 25.6. The van der Waals surface area contributed by atoms with Gasteiger partial charge >= 0.3 is 10.2 Å². The molecule has 1 fully saturated rings. The topological polar surface area (TPSA) is 105 Å². The van der Waals surface area contributed by atoms with E-state index in [4.69, 9.17) is 16.3 Å². The highest BCUT2D eigenvalue weighted by atomic mass is 35.5. The molecule has 190 valence electrons. The number of nitrogens with zero attached hydrogens (tertiary/aromatic N) is 1. The molecule has 1 heterocycles. The Balaban J connectivity index is 1.80. The van der Waals surface area contributed by atoms with Gasteiger partial charge in [-0.1, -0.05) is 30.7 Å². The van der Waals surface area contributed by atoms with E-state index in [0.717, 1.165) is 0 Å². The maximum absolute atomic E-state index is 14.1. The van der Waals surface area contributed by atoms with Gasteiger partial charge in [0.15, 0.2) is 0 Å². The van der Waals surface area contributed by atoms with Gasteiger partial charge in [0.1, 0.15) is 11.6 Å². The number of carbonyl (C=O) groups excluding carboxylic acids is 2. The molecule has 3 rings (SSSR count). The molecule has 8 nitrogen and oxygen atoms in total. The van der Waals surface area contributed by atoms with Gasteiger partial charge in [0.25, 0.3) is 5.91 Å². The maximum atomic E-state index is 14.1. The van der Waals surface area contributed by atoms with E-state index in [1.165, 1.54) is 29.6 Å². The molecule has 0 radical (unpaired) electrons. The summed E-state index contributed by atoms with van der Waals surface area (Å²) in [7, 11) is -2.55. The number of piperidine rings is 1. The van der Waals surface area contributed by atoms with Gasteiger partial charge in [-0.2, -0.15) is 12.7 Å². The summed E-state index contributed by atoms with van der Waals surface area (Å²) in [6.07, 6.45) is 1.28. The number of ether oxygens (including phenoxy) is 1. The Bertz CT molecular complexity index is 1180. The number of methoxy groups -OCH3 is 1. The molecule has 0 unspecified atom stereocenters. The fraction of sp³-hybridized carbons (Fsp3) is 0.417. The van der Waals surface area contributed by atoms with Crippen molar-refractivity contribution in [2.75, 3.05) is 26.7 Å². The molecule has 0 spiro atoms. The molecule has 11 heteroatoms. The fourth-order valence-electron chi connectivity index (χ4n) is 4.22. The monoisotopic (exact) mass is 525 g/mol. The van der Waals surface area contributed by atoms with Gasteiger partial charge in [0.05, 0.1) is 12.7 Å². The normalized spacial score (nSPS) is 15.9. The van der Waals surface area contributed by atoms with Crippen LogP contribution in [0.25, 0.3) is 0 Å². The second-order valence-corrected chi connectivity index (χ2v) is 10.6. The standard InChI is InChI=1S/C24H29ClFN3O5S/c1-3-5-22(30)28-35(32,33)29-12-10-24(11-13-29,17-6-4-7-19(26)14-17)16-27-23(31)20-9-8-18(25)15-21(20)34-2/h4,6-9,14-15H,3,5,10-13,16H2,1-2H3,(H,27,31)(H,28,30). The molecule has 2 aromatic rings. The minimum absolute atomic E-state index is 0.103. The molecule has 1 aliphatic rings. The van der Waals surface area contributed by atoms with Crippen LogP contribution in [0.15, 0.2) is 42.5 Å². The molecule has 2 aromatic carbocycles. The quantitative estimate of drug-likeness (QED) is 0.522. The number of hydrogen-bond donors (Lipinski definition) is 2. The Hall–Kier alpha value is -2.69. The van der Waals surface area contributed by atoms with Gasteiger partial charge in [-0.05, 0) is 55.2 Å². The molecule has 0 aliphatic carbocycles. The number of carbonyl (C=O) groups is 2. The van der Waals surface area contributed by atoms with E-state index in [0.29, 0.717) is 41.2 Å². The largest absolute Gasteiger partial charge is 0.496 e. The molecular weight excluding hydrogens is 497 g/mol. The Labute approximate surface area is 210 Å². The summed E-state index contributed by atoms with van der Waals surface area (Å²) < 4.78 is 48.0. The SMILES string of the molecule is CCCC(=O)NS(=O)(=O)N1CCC(CNC(=O)c2ccc(Cl)cc2OC)(c2cccc(F)c2)CC1. The van der Waals surface area contributed by atoms with Crippen LogP contribution in [0.5, 0.6) is 5.75 Å². The lowest BCUT2D eigenvalue weighted by atomic mass is 9.73. The van der Waals surface area contributed by atoms with Gasteiger partial charge in [0.2, 0.25) is 5.91 Å². The molecule has 0 atom stereocenters. The van der Waals surface area contributed by atoms with Crippen LogP contribution in [0, 0.1) is 5.82 Å². The van der Waals surface area contributed by atoms with Crippen molar-refractivity contribution in [2.24, 2.45) is 0 Å². The number of hydrogen-bond acceptors (Lipinski definition) is 5. The van der Waals surface area contributed by atoms with Crippen LogP contribution in [0.4, 0.5) is 4.39 Å². The van der Waals surface area contributed by atoms with Gasteiger partial charge in [-0.25, -0.2) is 9.11 Å². The highest BCUT2D eigenvalue weighted by Crippen LogP contribution is 2.36.